The second-order valence-electron chi connectivity index (χ2n) is 6.47. The predicted octanol–water partition coefficient (Wildman–Crippen LogP) is 5.17. The van der Waals surface area contributed by atoms with Gasteiger partial charge >= 0.3 is 0 Å². The number of hydrogen-bond donors (Lipinski definition) is 1. The molecule has 2 aromatic heterocycles. The van der Waals surface area contributed by atoms with Crippen LogP contribution in [0.2, 0.25) is 0 Å². The molecule has 0 bridgehead atoms. The van der Waals surface area contributed by atoms with Gasteiger partial charge < -0.3 is 5.32 Å². The van der Waals surface area contributed by atoms with Crippen molar-refractivity contribution < 1.29 is 4.79 Å². The molecule has 0 radical (unpaired) electrons. The number of benzene rings is 2. The summed E-state index contributed by atoms with van der Waals surface area (Å²) in [6.45, 7) is 1.57. The molecule has 0 unspecified atom stereocenters. The van der Waals surface area contributed by atoms with Crippen molar-refractivity contribution in [3.05, 3.63) is 95.9 Å². The SMILES string of the molecule is CC(=O)c1ccc(Nc2ncc(Cc3ccncc3)c3ccccc23)cc1. The zero-order chi connectivity index (χ0) is 18.6. The van der Waals surface area contributed by atoms with E-state index in [1.165, 1.54) is 16.5 Å². The zero-order valence-electron chi connectivity index (χ0n) is 15.0. The van der Waals surface area contributed by atoms with Crippen LogP contribution in [0, 0.1) is 0 Å². The number of nitrogens with zero attached hydrogens (tertiary/aromatic N) is 2. The van der Waals surface area contributed by atoms with Gasteiger partial charge in [-0.15, -0.1) is 0 Å². The Morgan fingerprint density at radius 2 is 1.63 bits per heavy atom. The Labute approximate surface area is 157 Å². The Morgan fingerprint density at radius 3 is 2.33 bits per heavy atom. The fourth-order valence-electron chi connectivity index (χ4n) is 3.14. The van der Waals surface area contributed by atoms with Crippen molar-refractivity contribution in [3.63, 3.8) is 0 Å². The Balaban J connectivity index is 1.68. The van der Waals surface area contributed by atoms with E-state index in [0.717, 1.165) is 23.3 Å². The number of anilines is 2. The summed E-state index contributed by atoms with van der Waals surface area (Å²) < 4.78 is 0. The molecular weight excluding hydrogens is 334 g/mol. The highest BCUT2D eigenvalue weighted by atomic mass is 16.1. The molecule has 0 saturated carbocycles. The molecule has 0 aliphatic carbocycles. The second-order valence-corrected chi connectivity index (χ2v) is 6.47. The summed E-state index contributed by atoms with van der Waals surface area (Å²) in [6, 6.07) is 19.8. The van der Waals surface area contributed by atoms with Crippen molar-refractivity contribution in [1.29, 1.82) is 0 Å². The lowest BCUT2D eigenvalue weighted by atomic mass is 10.0. The fraction of sp³-hybridized carbons (Fsp3) is 0.0870. The molecular formula is C23H19N3O. The smallest absolute Gasteiger partial charge is 0.159 e. The molecule has 0 saturated heterocycles. The van der Waals surface area contributed by atoms with Gasteiger partial charge in [-0.1, -0.05) is 24.3 Å². The lowest BCUT2D eigenvalue weighted by Crippen LogP contribution is -1.99. The normalized spacial score (nSPS) is 10.7. The van der Waals surface area contributed by atoms with E-state index in [1.54, 1.807) is 6.92 Å². The molecule has 0 amide bonds. The third-order valence-electron chi connectivity index (χ3n) is 4.58. The fourth-order valence-corrected chi connectivity index (χ4v) is 3.14. The highest BCUT2D eigenvalue weighted by Gasteiger charge is 2.09. The van der Waals surface area contributed by atoms with Crippen molar-refractivity contribution in [3.8, 4) is 0 Å². The van der Waals surface area contributed by atoms with Gasteiger partial charge in [-0.3, -0.25) is 9.78 Å². The van der Waals surface area contributed by atoms with Gasteiger partial charge in [-0.25, -0.2) is 4.98 Å². The number of ketones is 1. The highest BCUT2D eigenvalue weighted by molar-refractivity contribution is 5.96. The lowest BCUT2D eigenvalue weighted by Gasteiger charge is -2.12. The summed E-state index contributed by atoms with van der Waals surface area (Å²) in [5, 5.41) is 5.61. The molecule has 2 heterocycles. The van der Waals surface area contributed by atoms with Gasteiger partial charge in [0, 0.05) is 35.2 Å². The van der Waals surface area contributed by atoms with Crippen LogP contribution < -0.4 is 5.32 Å². The number of rotatable bonds is 5. The number of nitrogens with one attached hydrogen (secondary N) is 1. The largest absolute Gasteiger partial charge is 0.340 e. The maximum atomic E-state index is 11.4. The van der Waals surface area contributed by atoms with Crippen LogP contribution in [0.15, 0.2) is 79.3 Å². The number of pyridine rings is 2. The Morgan fingerprint density at radius 1 is 0.926 bits per heavy atom. The molecule has 4 nitrogen and oxygen atoms in total. The number of hydrogen-bond acceptors (Lipinski definition) is 4. The highest BCUT2D eigenvalue weighted by Crippen LogP contribution is 2.28. The molecule has 0 aliphatic rings. The third kappa shape index (κ3) is 3.70. The molecule has 0 spiro atoms. The minimum Gasteiger partial charge on any atom is -0.340 e. The van der Waals surface area contributed by atoms with Crippen LogP contribution in [-0.2, 0) is 6.42 Å². The quantitative estimate of drug-likeness (QED) is 0.503. The van der Waals surface area contributed by atoms with Crippen molar-refractivity contribution >= 4 is 28.1 Å². The van der Waals surface area contributed by atoms with E-state index >= 15 is 0 Å². The maximum absolute atomic E-state index is 11.4. The van der Waals surface area contributed by atoms with Gasteiger partial charge in [-0.05, 0) is 66.3 Å². The van der Waals surface area contributed by atoms with E-state index in [1.807, 2.05) is 67.1 Å². The van der Waals surface area contributed by atoms with Crippen LogP contribution in [-0.4, -0.2) is 15.8 Å². The van der Waals surface area contributed by atoms with E-state index in [9.17, 15) is 4.79 Å². The molecule has 4 aromatic rings. The first-order chi connectivity index (χ1) is 13.2. The van der Waals surface area contributed by atoms with Crippen LogP contribution in [0.5, 0.6) is 0 Å². The van der Waals surface area contributed by atoms with Crippen LogP contribution in [0.1, 0.15) is 28.4 Å². The number of fused-ring (bicyclic) bond motifs is 1. The monoisotopic (exact) mass is 353 g/mol. The van der Waals surface area contributed by atoms with Gasteiger partial charge in [0.15, 0.2) is 5.78 Å². The number of Topliss-reactive ketones (excluding diaryl/α,β-unsaturated/α-hetero) is 1. The predicted molar refractivity (Wildman–Crippen MR) is 109 cm³/mol. The Kier molecular flexibility index (Phi) is 4.62. The summed E-state index contributed by atoms with van der Waals surface area (Å²) in [5.74, 6) is 0.866. The standard InChI is InChI=1S/C23H19N3O/c1-16(27)18-6-8-20(9-7-18)26-23-22-5-3-2-4-21(22)19(15-25-23)14-17-10-12-24-13-11-17/h2-13,15H,14H2,1H3,(H,25,26). The number of aromatic nitrogens is 2. The van der Waals surface area contributed by atoms with Crippen LogP contribution >= 0.6 is 0 Å². The average molecular weight is 353 g/mol. The van der Waals surface area contributed by atoms with Crippen molar-refractivity contribution in [2.24, 2.45) is 0 Å². The first kappa shape index (κ1) is 16.9. The minimum absolute atomic E-state index is 0.0607. The number of carbonyl (C=O) groups is 1. The molecule has 132 valence electrons. The van der Waals surface area contributed by atoms with E-state index < -0.39 is 0 Å². The minimum atomic E-state index is 0.0607. The molecule has 4 rings (SSSR count). The summed E-state index contributed by atoms with van der Waals surface area (Å²) in [4.78, 5) is 20.2. The summed E-state index contributed by atoms with van der Waals surface area (Å²) in [5.41, 5.74) is 3.98. The van der Waals surface area contributed by atoms with Gasteiger partial charge in [0.25, 0.3) is 0 Å². The van der Waals surface area contributed by atoms with Gasteiger partial charge in [-0.2, -0.15) is 0 Å². The van der Waals surface area contributed by atoms with E-state index in [-0.39, 0.29) is 5.78 Å². The molecule has 2 aromatic carbocycles. The average Bonchev–Trinajstić information content (AvgIpc) is 2.71. The van der Waals surface area contributed by atoms with Crippen LogP contribution in [0.3, 0.4) is 0 Å². The molecule has 1 N–H and O–H groups in total. The molecule has 0 fully saturated rings. The van der Waals surface area contributed by atoms with Crippen molar-refractivity contribution in [2.75, 3.05) is 5.32 Å². The van der Waals surface area contributed by atoms with Crippen molar-refractivity contribution in [1.82, 2.24) is 9.97 Å². The molecule has 0 aliphatic heterocycles. The van der Waals surface area contributed by atoms with Gasteiger partial charge in [0.2, 0.25) is 0 Å². The van der Waals surface area contributed by atoms with Crippen LogP contribution in [0.25, 0.3) is 10.8 Å². The van der Waals surface area contributed by atoms with E-state index in [0.29, 0.717) is 5.56 Å². The first-order valence-electron chi connectivity index (χ1n) is 8.84. The summed E-state index contributed by atoms with van der Waals surface area (Å²) >= 11 is 0. The van der Waals surface area contributed by atoms with Crippen LogP contribution in [0.4, 0.5) is 11.5 Å². The second kappa shape index (κ2) is 7.38. The van der Waals surface area contributed by atoms with Gasteiger partial charge in [0.1, 0.15) is 5.82 Å². The molecule has 4 heteroatoms. The van der Waals surface area contributed by atoms with Gasteiger partial charge in [0.05, 0.1) is 0 Å². The topological polar surface area (TPSA) is 54.9 Å². The molecule has 0 atom stereocenters. The number of carbonyl (C=O) groups excluding carboxylic acids is 1. The maximum Gasteiger partial charge on any atom is 0.159 e. The van der Waals surface area contributed by atoms with Crippen molar-refractivity contribution in [2.45, 2.75) is 13.3 Å². The summed E-state index contributed by atoms with van der Waals surface area (Å²) in [7, 11) is 0. The molecule has 27 heavy (non-hydrogen) atoms. The third-order valence-corrected chi connectivity index (χ3v) is 4.58. The van der Waals surface area contributed by atoms with E-state index in [4.69, 9.17) is 0 Å². The zero-order valence-corrected chi connectivity index (χ0v) is 15.0. The Bertz CT molecular complexity index is 1090. The van der Waals surface area contributed by atoms with E-state index in [2.05, 4.69) is 27.4 Å². The first-order valence-corrected chi connectivity index (χ1v) is 8.84. The summed E-state index contributed by atoms with van der Waals surface area (Å²) in [6.07, 6.45) is 6.36. The lowest BCUT2D eigenvalue weighted by molar-refractivity contribution is 0.101. The Hall–Kier alpha value is -3.53.